The Bertz CT molecular complexity index is 653. The number of carbonyl (C=O) groups excluding carboxylic acids is 2. The summed E-state index contributed by atoms with van der Waals surface area (Å²) in [6.07, 6.45) is 4.52. The maximum atomic E-state index is 11.8. The number of amides is 2. The lowest BCUT2D eigenvalue weighted by Gasteiger charge is -2.17. The number of hydrogen-bond acceptors (Lipinski definition) is 4. The Kier molecular flexibility index (Phi) is 4.43. The lowest BCUT2D eigenvalue weighted by Crippen LogP contribution is -2.27. The van der Waals surface area contributed by atoms with Gasteiger partial charge in [0.05, 0.1) is 6.04 Å². The van der Waals surface area contributed by atoms with Gasteiger partial charge in [-0.05, 0) is 47.2 Å². The Morgan fingerprint density at radius 2 is 2.17 bits per heavy atom. The molecule has 2 heterocycles. The van der Waals surface area contributed by atoms with Crippen LogP contribution in [-0.4, -0.2) is 46.1 Å². The number of hydrogen-bond donors (Lipinski definition) is 2. The van der Waals surface area contributed by atoms with E-state index in [1.165, 1.54) is 18.9 Å². The Hall–Kier alpha value is -1.83. The van der Waals surface area contributed by atoms with Crippen LogP contribution in [0.5, 0.6) is 0 Å². The lowest BCUT2D eigenvalue weighted by atomic mass is 10.2. The molecule has 1 aliphatic carbocycles. The molecule has 2 amide bonds. The SMILES string of the molecule is C=CC(=O)N1CC[C@H](n2nc(Br)c(C(N)=O)c2NCC2CC2)C1. The molecule has 1 atom stereocenters. The smallest absolute Gasteiger partial charge is 0.255 e. The van der Waals surface area contributed by atoms with E-state index >= 15 is 0 Å². The maximum absolute atomic E-state index is 11.8. The van der Waals surface area contributed by atoms with Gasteiger partial charge in [-0.1, -0.05) is 6.58 Å². The van der Waals surface area contributed by atoms with Crippen molar-refractivity contribution in [3.8, 4) is 0 Å². The second-order valence-corrected chi connectivity index (χ2v) is 6.83. The fourth-order valence-corrected chi connectivity index (χ4v) is 3.45. The zero-order valence-electron chi connectivity index (χ0n) is 12.8. The number of anilines is 1. The molecule has 1 saturated heterocycles. The lowest BCUT2D eigenvalue weighted by molar-refractivity contribution is -0.125. The molecule has 3 N–H and O–H groups in total. The number of nitrogens with two attached hydrogens (primary N) is 1. The molecule has 0 spiro atoms. The minimum atomic E-state index is -0.515. The quantitative estimate of drug-likeness (QED) is 0.730. The summed E-state index contributed by atoms with van der Waals surface area (Å²) >= 11 is 3.33. The van der Waals surface area contributed by atoms with E-state index in [1.807, 2.05) is 0 Å². The van der Waals surface area contributed by atoms with Gasteiger partial charge in [-0.15, -0.1) is 0 Å². The molecule has 0 bridgehead atoms. The number of rotatable bonds is 6. The average molecular weight is 382 g/mol. The highest BCUT2D eigenvalue weighted by Gasteiger charge is 2.32. The van der Waals surface area contributed by atoms with E-state index in [1.54, 1.807) is 9.58 Å². The molecular weight excluding hydrogens is 362 g/mol. The monoisotopic (exact) mass is 381 g/mol. The molecule has 1 saturated carbocycles. The molecule has 23 heavy (non-hydrogen) atoms. The van der Waals surface area contributed by atoms with Crippen molar-refractivity contribution in [2.75, 3.05) is 25.0 Å². The van der Waals surface area contributed by atoms with Gasteiger partial charge in [-0.25, -0.2) is 4.68 Å². The van der Waals surface area contributed by atoms with Crippen molar-refractivity contribution in [1.82, 2.24) is 14.7 Å². The maximum Gasteiger partial charge on any atom is 0.255 e. The summed E-state index contributed by atoms with van der Waals surface area (Å²) < 4.78 is 2.24. The molecule has 0 unspecified atom stereocenters. The number of halogens is 1. The Morgan fingerprint density at radius 3 is 2.78 bits per heavy atom. The van der Waals surface area contributed by atoms with Crippen molar-refractivity contribution in [1.29, 1.82) is 0 Å². The number of primary amides is 1. The highest BCUT2D eigenvalue weighted by molar-refractivity contribution is 9.10. The average Bonchev–Trinajstić information content (AvgIpc) is 3.10. The van der Waals surface area contributed by atoms with Gasteiger partial charge in [0, 0.05) is 19.6 Å². The summed E-state index contributed by atoms with van der Waals surface area (Å²) in [5, 5.41) is 7.76. The zero-order valence-corrected chi connectivity index (χ0v) is 14.4. The Balaban J connectivity index is 1.85. The van der Waals surface area contributed by atoms with Crippen LogP contribution >= 0.6 is 15.9 Å². The van der Waals surface area contributed by atoms with Crippen molar-refractivity contribution < 1.29 is 9.59 Å². The van der Waals surface area contributed by atoms with Crippen molar-refractivity contribution in [2.24, 2.45) is 11.7 Å². The van der Waals surface area contributed by atoms with E-state index in [2.05, 4.69) is 32.9 Å². The largest absolute Gasteiger partial charge is 0.369 e. The van der Waals surface area contributed by atoms with Crippen molar-refractivity contribution in [3.05, 3.63) is 22.8 Å². The summed E-state index contributed by atoms with van der Waals surface area (Å²) in [6.45, 7) is 5.53. The van der Waals surface area contributed by atoms with Crippen LogP contribution in [0.15, 0.2) is 17.3 Å². The zero-order chi connectivity index (χ0) is 16.6. The standard InChI is InChI=1S/C15H20BrN5O2/c1-2-11(22)20-6-5-10(8-20)21-15(18-7-9-3-4-9)12(14(17)23)13(16)19-21/h2,9-10,18H,1,3-8H2,(H2,17,23)/t10-/m0/s1. The third-order valence-electron chi connectivity index (χ3n) is 4.36. The van der Waals surface area contributed by atoms with Gasteiger partial charge in [0.15, 0.2) is 0 Å². The number of carbonyl (C=O) groups is 2. The summed E-state index contributed by atoms with van der Waals surface area (Å²) in [7, 11) is 0. The number of nitrogens with one attached hydrogen (secondary N) is 1. The first-order valence-electron chi connectivity index (χ1n) is 7.74. The van der Waals surface area contributed by atoms with Gasteiger partial charge in [0.2, 0.25) is 5.91 Å². The van der Waals surface area contributed by atoms with Gasteiger partial charge in [0.25, 0.3) is 5.91 Å². The third-order valence-corrected chi connectivity index (χ3v) is 4.92. The minimum absolute atomic E-state index is 0.0185. The van der Waals surface area contributed by atoms with E-state index in [0.29, 0.717) is 35.0 Å². The molecule has 124 valence electrons. The first-order chi connectivity index (χ1) is 11.0. The van der Waals surface area contributed by atoms with Gasteiger partial charge in [-0.2, -0.15) is 5.10 Å². The van der Waals surface area contributed by atoms with Gasteiger partial charge in [0.1, 0.15) is 16.0 Å². The molecule has 0 aromatic carbocycles. The molecule has 1 aromatic heterocycles. The van der Waals surface area contributed by atoms with Crippen LogP contribution in [0.1, 0.15) is 35.7 Å². The fraction of sp³-hybridized carbons (Fsp3) is 0.533. The predicted molar refractivity (Wildman–Crippen MR) is 90.1 cm³/mol. The second-order valence-electron chi connectivity index (χ2n) is 6.08. The van der Waals surface area contributed by atoms with Gasteiger partial charge >= 0.3 is 0 Å². The van der Waals surface area contributed by atoms with Crippen LogP contribution in [0.3, 0.4) is 0 Å². The fourth-order valence-electron chi connectivity index (χ4n) is 2.89. The molecule has 2 aliphatic rings. The van der Waals surface area contributed by atoms with Crippen molar-refractivity contribution >= 4 is 33.6 Å². The van der Waals surface area contributed by atoms with Crippen molar-refractivity contribution in [3.63, 3.8) is 0 Å². The molecule has 0 radical (unpaired) electrons. The van der Waals surface area contributed by atoms with Crippen LogP contribution in [0.25, 0.3) is 0 Å². The molecule has 8 heteroatoms. The second kappa shape index (κ2) is 6.35. The summed E-state index contributed by atoms with van der Waals surface area (Å²) in [4.78, 5) is 25.3. The Morgan fingerprint density at radius 1 is 1.43 bits per heavy atom. The molecule has 1 aromatic rings. The minimum Gasteiger partial charge on any atom is -0.369 e. The number of nitrogens with zero attached hydrogens (tertiary/aromatic N) is 3. The topological polar surface area (TPSA) is 93.2 Å². The highest BCUT2D eigenvalue weighted by Crippen LogP contribution is 2.34. The Labute approximate surface area is 143 Å². The van der Waals surface area contributed by atoms with Crippen LogP contribution in [-0.2, 0) is 4.79 Å². The third kappa shape index (κ3) is 3.26. The normalized spacial score (nSPS) is 20.6. The van der Waals surface area contributed by atoms with Crippen LogP contribution in [0, 0.1) is 5.92 Å². The highest BCUT2D eigenvalue weighted by atomic mass is 79.9. The van der Waals surface area contributed by atoms with Crippen molar-refractivity contribution in [2.45, 2.75) is 25.3 Å². The molecular formula is C15H20BrN5O2. The molecule has 2 fully saturated rings. The summed E-state index contributed by atoms with van der Waals surface area (Å²) in [5.74, 6) is 0.703. The number of aromatic nitrogens is 2. The van der Waals surface area contributed by atoms with Crippen LogP contribution in [0.2, 0.25) is 0 Å². The van der Waals surface area contributed by atoms with E-state index in [9.17, 15) is 9.59 Å². The van der Waals surface area contributed by atoms with E-state index in [-0.39, 0.29) is 11.9 Å². The summed E-state index contributed by atoms with van der Waals surface area (Å²) in [6, 6.07) is 0.0185. The van der Waals surface area contributed by atoms with Crippen LogP contribution in [0.4, 0.5) is 5.82 Å². The summed E-state index contributed by atoms with van der Waals surface area (Å²) in [5.41, 5.74) is 5.88. The van der Waals surface area contributed by atoms with Crippen LogP contribution < -0.4 is 11.1 Å². The molecule has 7 nitrogen and oxygen atoms in total. The van der Waals surface area contributed by atoms with Gasteiger partial charge in [-0.3, -0.25) is 9.59 Å². The first-order valence-corrected chi connectivity index (χ1v) is 8.53. The van der Waals surface area contributed by atoms with E-state index in [0.717, 1.165) is 13.0 Å². The predicted octanol–water partition coefficient (Wildman–Crippen LogP) is 1.53. The van der Waals surface area contributed by atoms with E-state index in [4.69, 9.17) is 5.73 Å². The van der Waals surface area contributed by atoms with Gasteiger partial charge < -0.3 is 16.0 Å². The number of likely N-dealkylation sites (tertiary alicyclic amines) is 1. The first kappa shape index (κ1) is 16.0. The molecule has 3 rings (SSSR count). The van der Waals surface area contributed by atoms with E-state index < -0.39 is 5.91 Å². The molecule has 1 aliphatic heterocycles.